The van der Waals surface area contributed by atoms with Crippen molar-refractivity contribution < 1.29 is 4.74 Å². The van der Waals surface area contributed by atoms with E-state index >= 15 is 0 Å². The standard InChI is InChI=1S/C15H19ClN2O/c1-15(6-3-7-15)10-18-13-5-4-11(19-2)8-12(13)17-14(18)9-16/h4-5,8H,3,6-7,9-10H2,1-2H3. The fourth-order valence-corrected chi connectivity index (χ4v) is 3.09. The lowest BCUT2D eigenvalue weighted by atomic mass is 9.70. The van der Waals surface area contributed by atoms with Crippen molar-refractivity contribution >= 4 is 22.6 Å². The van der Waals surface area contributed by atoms with Gasteiger partial charge < -0.3 is 9.30 Å². The maximum absolute atomic E-state index is 6.05. The molecule has 0 radical (unpaired) electrons. The van der Waals surface area contributed by atoms with Crippen molar-refractivity contribution in [1.82, 2.24) is 9.55 Å². The zero-order chi connectivity index (χ0) is 13.5. The van der Waals surface area contributed by atoms with Gasteiger partial charge in [-0.05, 0) is 30.4 Å². The number of imidazole rings is 1. The Hall–Kier alpha value is -1.22. The van der Waals surface area contributed by atoms with E-state index in [1.54, 1.807) is 7.11 Å². The lowest BCUT2D eigenvalue weighted by Gasteiger charge is -2.39. The summed E-state index contributed by atoms with van der Waals surface area (Å²) in [6.07, 6.45) is 3.93. The number of rotatable bonds is 4. The van der Waals surface area contributed by atoms with Crippen LogP contribution in [0.25, 0.3) is 11.0 Å². The van der Waals surface area contributed by atoms with E-state index < -0.39 is 0 Å². The molecule has 0 aliphatic heterocycles. The van der Waals surface area contributed by atoms with E-state index in [1.807, 2.05) is 12.1 Å². The number of hydrogen-bond donors (Lipinski definition) is 0. The van der Waals surface area contributed by atoms with E-state index in [-0.39, 0.29) is 0 Å². The molecule has 102 valence electrons. The maximum atomic E-state index is 6.05. The predicted molar refractivity (Wildman–Crippen MR) is 77.8 cm³/mol. The molecule has 0 spiro atoms. The zero-order valence-corrected chi connectivity index (χ0v) is 12.2. The monoisotopic (exact) mass is 278 g/mol. The van der Waals surface area contributed by atoms with Crippen LogP contribution in [-0.2, 0) is 12.4 Å². The Kier molecular flexibility index (Phi) is 3.17. The van der Waals surface area contributed by atoms with Gasteiger partial charge in [0.05, 0.1) is 24.0 Å². The van der Waals surface area contributed by atoms with E-state index in [9.17, 15) is 0 Å². The third kappa shape index (κ3) is 2.20. The van der Waals surface area contributed by atoms with Crippen LogP contribution in [0.5, 0.6) is 5.75 Å². The third-order valence-corrected chi connectivity index (χ3v) is 4.49. The van der Waals surface area contributed by atoms with Crippen LogP contribution in [0.4, 0.5) is 0 Å². The highest BCUT2D eigenvalue weighted by molar-refractivity contribution is 6.16. The number of nitrogens with zero attached hydrogens (tertiary/aromatic N) is 2. The van der Waals surface area contributed by atoms with Crippen LogP contribution in [0.15, 0.2) is 18.2 Å². The third-order valence-electron chi connectivity index (χ3n) is 4.25. The van der Waals surface area contributed by atoms with Gasteiger partial charge in [-0.2, -0.15) is 0 Å². The first-order chi connectivity index (χ1) is 9.15. The Bertz CT molecular complexity index is 601. The number of ether oxygens (including phenoxy) is 1. The van der Waals surface area contributed by atoms with Crippen molar-refractivity contribution in [1.29, 1.82) is 0 Å². The molecule has 1 aliphatic rings. The van der Waals surface area contributed by atoms with Gasteiger partial charge in [0, 0.05) is 12.6 Å². The molecule has 1 aliphatic carbocycles. The summed E-state index contributed by atoms with van der Waals surface area (Å²) in [5.74, 6) is 2.25. The molecule has 2 aromatic rings. The summed E-state index contributed by atoms with van der Waals surface area (Å²) in [6.45, 7) is 3.36. The number of benzene rings is 1. The van der Waals surface area contributed by atoms with Crippen LogP contribution in [-0.4, -0.2) is 16.7 Å². The van der Waals surface area contributed by atoms with Gasteiger partial charge in [-0.3, -0.25) is 0 Å². The van der Waals surface area contributed by atoms with Gasteiger partial charge in [-0.15, -0.1) is 11.6 Å². The summed E-state index contributed by atoms with van der Waals surface area (Å²) in [4.78, 5) is 4.63. The molecule has 0 N–H and O–H groups in total. The maximum Gasteiger partial charge on any atom is 0.124 e. The van der Waals surface area contributed by atoms with Crippen LogP contribution in [0.1, 0.15) is 32.0 Å². The Morgan fingerprint density at radius 3 is 2.79 bits per heavy atom. The van der Waals surface area contributed by atoms with E-state index in [1.165, 1.54) is 19.3 Å². The first kappa shape index (κ1) is 12.8. The highest BCUT2D eigenvalue weighted by Gasteiger charge is 2.33. The predicted octanol–water partition coefficient (Wildman–Crippen LogP) is 3.97. The average Bonchev–Trinajstić information content (AvgIpc) is 2.74. The minimum absolute atomic E-state index is 0.411. The minimum atomic E-state index is 0.411. The summed E-state index contributed by atoms with van der Waals surface area (Å²) in [5.41, 5.74) is 2.54. The highest BCUT2D eigenvalue weighted by atomic mass is 35.5. The van der Waals surface area contributed by atoms with Gasteiger partial charge in [-0.25, -0.2) is 4.98 Å². The van der Waals surface area contributed by atoms with E-state index in [2.05, 4.69) is 22.5 Å². The van der Waals surface area contributed by atoms with Gasteiger partial charge in [-0.1, -0.05) is 13.3 Å². The molecule has 0 amide bonds. The number of fused-ring (bicyclic) bond motifs is 1. The zero-order valence-electron chi connectivity index (χ0n) is 11.4. The van der Waals surface area contributed by atoms with Gasteiger partial charge in [0.25, 0.3) is 0 Å². The molecule has 1 saturated carbocycles. The lowest BCUT2D eigenvalue weighted by molar-refractivity contribution is 0.133. The van der Waals surface area contributed by atoms with Crippen molar-refractivity contribution in [2.45, 2.75) is 38.6 Å². The molecule has 1 aromatic carbocycles. The van der Waals surface area contributed by atoms with Crippen molar-refractivity contribution in [2.75, 3.05) is 7.11 Å². The van der Waals surface area contributed by atoms with Crippen LogP contribution in [0.2, 0.25) is 0 Å². The molecule has 0 atom stereocenters. The molecular formula is C15H19ClN2O. The molecule has 1 heterocycles. The Balaban J connectivity index is 2.05. The smallest absolute Gasteiger partial charge is 0.124 e. The molecular weight excluding hydrogens is 260 g/mol. The normalized spacial score (nSPS) is 17.4. The second-order valence-corrected chi connectivity index (χ2v) is 6.03. The Morgan fingerprint density at radius 2 is 2.21 bits per heavy atom. The van der Waals surface area contributed by atoms with Crippen molar-refractivity contribution in [3.05, 3.63) is 24.0 Å². The summed E-state index contributed by atoms with van der Waals surface area (Å²) < 4.78 is 7.53. The van der Waals surface area contributed by atoms with Crippen LogP contribution >= 0.6 is 11.6 Å². The minimum Gasteiger partial charge on any atom is -0.497 e. The van der Waals surface area contributed by atoms with Crippen LogP contribution in [0.3, 0.4) is 0 Å². The van der Waals surface area contributed by atoms with Gasteiger partial charge in [0.2, 0.25) is 0 Å². The number of halogens is 1. The Labute approximate surface area is 118 Å². The molecule has 0 unspecified atom stereocenters. The second-order valence-electron chi connectivity index (χ2n) is 5.77. The van der Waals surface area contributed by atoms with Crippen LogP contribution < -0.4 is 4.74 Å². The number of alkyl halides is 1. The fourth-order valence-electron chi connectivity index (χ4n) is 2.89. The average molecular weight is 279 g/mol. The second kappa shape index (κ2) is 4.71. The topological polar surface area (TPSA) is 27.1 Å². The first-order valence-electron chi connectivity index (χ1n) is 6.74. The first-order valence-corrected chi connectivity index (χ1v) is 7.28. The summed E-state index contributed by atoms with van der Waals surface area (Å²) in [7, 11) is 1.68. The van der Waals surface area contributed by atoms with Gasteiger partial charge in [0.15, 0.2) is 0 Å². The largest absolute Gasteiger partial charge is 0.497 e. The van der Waals surface area contributed by atoms with Gasteiger partial charge in [0.1, 0.15) is 11.6 Å². The lowest BCUT2D eigenvalue weighted by Crippen LogP contribution is -2.31. The van der Waals surface area contributed by atoms with Gasteiger partial charge >= 0.3 is 0 Å². The molecule has 19 heavy (non-hydrogen) atoms. The quantitative estimate of drug-likeness (QED) is 0.791. The molecule has 3 rings (SSSR count). The summed E-state index contributed by atoms with van der Waals surface area (Å²) in [6, 6.07) is 6.05. The van der Waals surface area contributed by atoms with E-state index in [4.69, 9.17) is 16.3 Å². The van der Waals surface area contributed by atoms with Crippen molar-refractivity contribution in [3.63, 3.8) is 0 Å². The molecule has 4 heteroatoms. The number of hydrogen-bond acceptors (Lipinski definition) is 2. The summed E-state index contributed by atoms with van der Waals surface area (Å²) in [5, 5.41) is 0. The Morgan fingerprint density at radius 1 is 1.42 bits per heavy atom. The molecule has 3 nitrogen and oxygen atoms in total. The SMILES string of the molecule is COc1ccc2c(c1)nc(CCl)n2CC1(C)CCC1. The number of aromatic nitrogens is 2. The summed E-state index contributed by atoms with van der Waals surface area (Å²) >= 11 is 6.05. The van der Waals surface area contributed by atoms with E-state index in [0.29, 0.717) is 11.3 Å². The fraction of sp³-hybridized carbons (Fsp3) is 0.533. The molecule has 0 saturated heterocycles. The molecule has 1 aromatic heterocycles. The van der Waals surface area contributed by atoms with E-state index in [0.717, 1.165) is 29.2 Å². The molecule has 0 bridgehead atoms. The van der Waals surface area contributed by atoms with Crippen molar-refractivity contribution in [2.24, 2.45) is 5.41 Å². The highest BCUT2D eigenvalue weighted by Crippen LogP contribution is 2.42. The molecule has 1 fully saturated rings. The van der Waals surface area contributed by atoms with Crippen molar-refractivity contribution in [3.8, 4) is 5.75 Å². The number of methoxy groups -OCH3 is 1. The van der Waals surface area contributed by atoms with Crippen LogP contribution in [0, 0.1) is 5.41 Å².